The van der Waals surface area contributed by atoms with Gasteiger partial charge in [-0.3, -0.25) is 4.79 Å². The third kappa shape index (κ3) is 3.56. The van der Waals surface area contributed by atoms with E-state index in [-0.39, 0.29) is 12.5 Å². The molecule has 1 amide bonds. The maximum Gasteiger partial charge on any atom is 0.251 e. The van der Waals surface area contributed by atoms with E-state index in [1.54, 1.807) is 31.2 Å². The van der Waals surface area contributed by atoms with Crippen molar-refractivity contribution in [3.8, 4) is 17.3 Å². The van der Waals surface area contributed by atoms with Gasteiger partial charge in [-0.25, -0.2) is 4.98 Å². The van der Waals surface area contributed by atoms with E-state index in [4.69, 9.17) is 4.42 Å². The summed E-state index contributed by atoms with van der Waals surface area (Å²) in [5.74, 6) is 0.544. The molecule has 142 valence electrons. The zero-order valence-electron chi connectivity index (χ0n) is 15.9. The molecular weight excluding hydrogens is 366 g/mol. The molecule has 0 unspecified atom stereocenters. The number of aromatic nitrogens is 3. The molecule has 0 atom stereocenters. The number of nitriles is 1. The normalized spacial score (nSPS) is 10.7. The molecule has 4 aromatic rings. The number of rotatable bonds is 4. The topological polar surface area (TPSA) is 105 Å². The van der Waals surface area contributed by atoms with Crippen molar-refractivity contribution in [3.05, 3.63) is 77.0 Å². The van der Waals surface area contributed by atoms with Gasteiger partial charge in [0, 0.05) is 23.4 Å². The molecule has 0 fully saturated rings. The van der Waals surface area contributed by atoms with Crippen molar-refractivity contribution in [1.82, 2.24) is 20.5 Å². The Kier molecular flexibility index (Phi) is 4.75. The molecule has 0 radical (unpaired) electrons. The molecule has 0 saturated carbocycles. The summed E-state index contributed by atoms with van der Waals surface area (Å²) in [7, 11) is 0. The third-order valence-corrected chi connectivity index (χ3v) is 4.65. The van der Waals surface area contributed by atoms with E-state index in [0.29, 0.717) is 28.6 Å². The zero-order valence-corrected chi connectivity index (χ0v) is 15.9. The molecule has 1 N–H and O–H groups in total. The van der Waals surface area contributed by atoms with Crippen LogP contribution in [0.25, 0.3) is 22.2 Å². The Morgan fingerprint density at radius 1 is 1.10 bits per heavy atom. The van der Waals surface area contributed by atoms with Gasteiger partial charge in [-0.15, -0.1) is 10.2 Å². The molecule has 0 aliphatic heterocycles. The highest BCUT2D eigenvalue weighted by Crippen LogP contribution is 2.29. The molecule has 2 heterocycles. The third-order valence-electron chi connectivity index (χ3n) is 4.65. The first-order valence-electron chi connectivity index (χ1n) is 9.04. The second-order valence-electron chi connectivity index (χ2n) is 6.56. The van der Waals surface area contributed by atoms with Crippen LogP contribution in [-0.2, 0) is 6.54 Å². The highest BCUT2D eigenvalue weighted by atomic mass is 16.4. The van der Waals surface area contributed by atoms with Crippen LogP contribution in [0.15, 0.2) is 52.9 Å². The Balaban J connectivity index is 1.61. The van der Waals surface area contributed by atoms with Gasteiger partial charge in [0.15, 0.2) is 0 Å². The maximum absolute atomic E-state index is 12.4. The van der Waals surface area contributed by atoms with E-state index in [2.05, 4.69) is 26.6 Å². The molecule has 29 heavy (non-hydrogen) atoms. The molecule has 7 heteroatoms. The summed E-state index contributed by atoms with van der Waals surface area (Å²) < 4.78 is 5.24. The number of para-hydroxylation sites is 1. The number of nitrogens with zero attached hydrogens (tertiary/aromatic N) is 4. The van der Waals surface area contributed by atoms with Crippen LogP contribution in [0.2, 0.25) is 0 Å². The molecule has 0 bridgehead atoms. The lowest BCUT2D eigenvalue weighted by Gasteiger charge is -2.10. The maximum atomic E-state index is 12.4. The van der Waals surface area contributed by atoms with Gasteiger partial charge in [0.05, 0.1) is 23.3 Å². The van der Waals surface area contributed by atoms with Crippen LogP contribution in [0.1, 0.15) is 33.3 Å². The van der Waals surface area contributed by atoms with Crippen LogP contribution in [0.3, 0.4) is 0 Å². The van der Waals surface area contributed by atoms with Crippen LogP contribution in [0.4, 0.5) is 0 Å². The van der Waals surface area contributed by atoms with Crippen molar-refractivity contribution in [2.24, 2.45) is 0 Å². The Bertz CT molecular complexity index is 1250. The molecule has 2 aromatic carbocycles. The van der Waals surface area contributed by atoms with Crippen molar-refractivity contribution >= 4 is 16.8 Å². The standard InChI is InChI=1S/C22H17N5O2/c1-13-17-5-3-4-6-19(17)25-21(18(13)11-23)15-7-9-16(10-8-15)22(28)24-12-20-27-26-14(2)29-20/h3-10H,12H2,1-2H3,(H,24,28). The number of amides is 1. The minimum atomic E-state index is -0.254. The number of benzene rings is 2. The average molecular weight is 383 g/mol. The average Bonchev–Trinajstić information content (AvgIpc) is 3.17. The number of carbonyl (C=O) groups excluding carboxylic acids is 1. The van der Waals surface area contributed by atoms with Crippen LogP contribution >= 0.6 is 0 Å². The monoisotopic (exact) mass is 383 g/mol. The predicted molar refractivity (Wildman–Crippen MR) is 107 cm³/mol. The van der Waals surface area contributed by atoms with Crippen LogP contribution < -0.4 is 5.32 Å². The molecule has 0 aliphatic carbocycles. The Labute approximate surface area is 167 Å². The van der Waals surface area contributed by atoms with Gasteiger partial charge in [0.25, 0.3) is 5.91 Å². The Morgan fingerprint density at radius 2 is 1.86 bits per heavy atom. The number of pyridine rings is 1. The van der Waals surface area contributed by atoms with Crippen molar-refractivity contribution in [1.29, 1.82) is 5.26 Å². The van der Waals surface area contributed by atoms with Crippen LogP contribution in [0.5, 0.6) is 0 Å². The fraction of sp³-hybridized carbons (Fsp3) is 0.136. The van der Waals surface area contributed by atoms with Crippen molar-refractivity contribution in [2.75, 3.05) is 0 Å². The van der Waals surface area contributed by atoms with Crippen molar-refractivity contribution < 1.29 is 9.21 Å². The van der Waals surface area contributed by atoms with Gasteiger partial charge in [0.1, 0.15) is 6.07 Å². The van der Waals surface area contributed by atoms with Gasteiger partial charge in [-0.05, 0) is 30.7 Å². The molecule has 0 spiro atoms. The molecule has 0 aliphatic rings. The molecule has 2 aromatic heterocycles. The summed E-state index contributed by atoms with van der Waals surface area (Å²) >= 11 is 0. The predicted octanol–water partition coefficient (Wildman–Crippen LogP) is 3.70. The molecular formula is C22H17N5O2. The number of hydrogen-bond acceptors (Lipinski definition) is 6. The van der Waals surface area contributed by atoms with Gasteiger partial charge < -0.3 is 9.73 Å². The number of hydrogen-bond donors (Lipinski definition) is 1. The smallest absolute Gasteiger partial charge is 0.251 e. The van der Waals surface area contributed by atoms with Gasteiger partial charge in [-0.2, -0.15) is 5.26 Å². The first-order chi connectivity index (χ1) is 14.1. The van der Waals surface area contributed by atoms with E-state index in [9.17, 15) is 10.1 Å². The Morgan fingerprint density at radius 3 is 2.55 bits per heavy atom. The van der Waals surface area contributed by atoms with Gasteiger partial charge in [0.2, 0.25) is 11.8 Å². The summed E-state index contributed by atoms with van der Waals surface area (Å²) in [5, 5.41) is 20.9. The lowest BCUT2D eigenvalue weighted by Crippen LogP contribution is -2.22. The van der Waals surface area contributed by atoms with E-state index < -0.39 is 0 Å². The fourth-order valence-corrected chi connectivity index (χ4v) is 3.17. The molecule has 4 rings (SSSR count). The van der Waals surface area contributed by atoms with Crippen LogP contribution in [-0.4, -0.2) is 21.1 Å². The quantitative estimate of drug-likeness (QED) is 0.576. The number of carbonyl (C=O) groups is 1. The summed E-state index contributed by atoms with van der Waals surface area (Å²) in [4.78, 5) is 17.0. The zero-order chi connectivity index (χ0) is 20.4. The van der Waals surface area contributed by atoms with Gasteiger partial charge in [-0.1, -0.05) is 30.3 Å². The van der Waals surface area contributed by atoms with Gasteiger partial charge >= 0.3 is 0 Å². The van der Waals surface area contributed by atoms with Crippen LogP contribution in [0, 0.1) is 25.2 Å². The lowest BCUT2D eigenvalue weighted by atomic mass is 9.98. The second kappa shape index (κ2) is 7.52. The SMILES string of the molecule is Cc1nnc(CNC(=O)c2ccc(-c3nc4ccccc4c(C)c3C#N)cc2)o1. The summed E-state index contributed by atoms with van der Waals surface area (Å²) in [6.45, 7) is 3.77. The first kappa shape index (κ1) is 18.3. The summed E-state index contributed by atoms with van der Waals surface area (Å²) in [6.07, 6.45) is 0. The number of nitrogens with one attached hydrogen (secondary N) is 1. The highest BCUT2D eigenvalue weighted by Gasteiger charge is 2.14. The summed E-state index contributed by atoms with van der Waals surface area (Å²) in [6, 6.07) is 17.0. The fourth-order valence-electron chi connectivity index (χ4n) is 3.17. The van der Waals surface area contributed by atoms with E-state index in [0.717, 1.165) is 22.0 Å². The molecule has 7 nitrogen and oxygen atoms in total. The largest absolute Gasteiger partial charge is 0.424 e. The number of aryl methyl sites for hydroxylation is 2. The number of fused-ring (bicyclic) bond motifs is 1. The van der Waals surface area contributed by atoms with E-state index >= 15 is 0 Å². The first-order valence-corrected chi connectivity index (χ1v) is 9.04. The lowest BCUT2D eigenvalue weighted by molar-refractivity contribution is 0.0947. The summed E-state index contributed by atoms with van der Waals surface area (Å²) in [5.41, 5.74) is 4.13. The minimum absolute atomic E-state index is 0.158. The minimum Gasteiger partial charge on any atom is -0.424 e. The van der Waals surface area contributed by atoms with E-state index in [1.807, 2.05) is 31.2 Å². The van der Waals surface area contributed by atoms with E-state index in [1.165, 1.54) is 0 Å². The van der Waals surface area contributed by atoms with Crippen molar-refractivity contribution in [2.45, 2.75) is 20.4 Å². The Hall–Kier alpha value is -4.05. The van der Waals surface area contributed by atoms with Crippen molar-refractivity contribution in [3.63, 3.8) is 0 Å². The highest BCUT2D eigenvalue weighted by molar-refractivity contribution is 5.95. The second-order valence-corrected chi connectivity index (χ2v) is 6.56. The molecule has 0 saturated heterocycles.